The Morgan fingerprint density at radius 2 is 1.52 bits per heavy atom. The van der Waals surface area contributed by atoms with Crippen LogP contribution in [0.2, 0.25) is 0 Å². The molecule has 0 aliphatic carbocycles. The number of hydrogen-bond donors (Lipinski definition) is 1. The van der Waals surface area contributed by atoms with Crippen LogP contribution >= 0.6 is 22.6 Å². The van der Waals surface area contributed by atoms with Crippen molar-refractivity contribution in [2.24, 2.45) is 0 Å². The fourth-order valence-corrected chi connectivity index (χ4v) is 2.04. The van der Waals surface area contributed by atoms with Crippen molar-refractivity contribution >= 4 is 34.3 Å². The SMILES string of the molecule is O=C(COC(=O)c1ccc(CO)cc1)c1ccc(I)cc1. The first-order valence-corrected chi connectivity index (χ1v) is 7.33. The number of carbonyl (C=O) groups is 2. The summed E-state index contributed by atoms with van der Waals surface area (Å²) in [6, 6.07) is 13.4. The molecule has 0 amide bonds. The molecule has 0 spiro atoms. The van der Waals surface area contributed by atoms with Gasteiger partial charge >= 0.3 is 5.97 Å². The zero-order valence-electron chi connectivity index (χ0n) is 11.1. The molecule has 0 radical (unpaired) electrons. The van der Waals surface area contributed by atoms with Crippen molar-refractivity contribution in [3.05, 3.63) is 68.8 Å². The molecule has 0 heterocycles. The maximum atomic E-state index is 11.9. The number of ketones is 1. The summed E-state index contributed by atoms with van der Waals surface area (Å²) >= 11 is 2.15. The van der Waals surface area contributed by atoms with Crippen LogP contribution in [-0.2, 0) is 11.3 Å². The Bertz CT molecular complexity index is 632. The average Bonchev–Trinajstić information content (AvgIpc) is 2.53. The number of rotatable bonds is 5. The van der Waals surface area contributed by atoms with Gasteiger partial charge in [0.15, 0.2) is 12.4 Å². The van der Waals surface area contributed by atoms with Crippen molar-refractivity contribution in [3.8, 4) is 0 Å². The van der Waals surface area contributed by atoms with E-state index < -0.39 is 5.97 Å². The lowest BCUT2D eigenvalue weighted by atomic mass is 10.1. The molecule has 0 aliphatic heterocycles. The molecule has 0 aliphatic rings. The molecule has 2 rings (SSSR count). The van der Waals surface area contributed by atoms with Crippen LogP contribution in [0.5, 0.6) is 0 Å². The maximum Gasteiger partial charge on any atom is 0.338 e. The number of benzene rings is 2. The second-order valence-corrected chi connectivity index (χ2v) is 5.61. The molecule has 0 saturated carbocycles. The minimum Gasteiger partial charge on any atom is -0.454 e. The van der Waals surface area contributed by atoms with Crippen molar-refractivity contribution in [1.29, 1.82) is 0 Å². The number of hydrogen-bond acceptors (Lipinski definition) is 4. The summed E-state index contributed by atoms with van der Waals surface area (Å²) in [6.07, 6.45) is 0. The highest BCUT2D eigenvalue weighted by atomic mass is 127. The number of Topliss-reactive ketones (excluding diaryl/α,β-unsaturated/α-hetero) is 1. The van der Waals surface area contributed by atoms with E-state index in [0.29, 0.717) is 16.7 Å². The van der Waals surface area contributed by atoms with Crippen LogP contribution in [0.15, 0.2) is 48.5 Å². The Morgan fingerprint density at radius 1 is 0.952 bits per heavy atom. The highest BCUT2D eigenvalue weighted by Gasteiger charge is 2.11. The third-order valence-corrected chi connectivity index (χ3v) is 3.59. The van der Waals surface area contributed by atoms with E-state index in [1.807, 2.05) is 12.1 Å². The van der Waals surface area contributed by atoms with Crippen molar-refractivity contribution in [2.45, 2.75) is 6.61 Å². The van der Waals surface area contributed by atoms with E-state index in [-0.39, 0.29) is 19.0 Å². The lowest BCUT2D eigenvalue weighted by Crippen LogP contribution is -2.14. The van der Waals surface area contributed by atoms with Gasteiger partial charge in [0.1, 0.15) is 0 Å². The molecule has 0 atom stereocenters. The quantitative estimate of drug-likeness (QED) is 0.480. The van der Waals surface area contributed by atoms with Gasteiger partial charge in [-0.1, -0.05) is 24.3 Å². The van der Waals surface area contributed by atoms with Crippen molar-refractivity contribution < 1.29 is 19.4 Å². The van der Waals surface area contributed by atoms with Crippen molar-refractivity contribution in [3.63, 3.8) is 0 Å². The summed E-state index contributed by atoms with van der Waals surface area (Å²) in [5.41, 5.74) is 1.57. The molecule has 0 saturated heterocycles. The van der Waals surface area contributed by atoms with Gasteiger partial charge < -0.3 is 9.84 Å². The molecule has 0 aromatic heterocycles. The standard InChI is InChI=1S/C16H13IO4/c17-14-7-5-12(6-8-14)15(19)10-21-16(20)13-3-1-11(9-18)2-4-13/h1-8,18H,9-10H2. The van der Waals surface area contributed by atoms with E-state index in [0.717, 1.165) is 3.57 Å². The number of aliphatic hydroxyl groups excluding tert-OH is 1. The molecule has 0 fully saturated rings. The largest absolute Gasteiger partial charge is 0.454 e. The highest BCUT2D eigenvalue weighted by molar-refractivity contribution is 14.1. The minimum atomic E-state index is -0.557. The Labute approximate surface area is 135 Å². The summed E-state index contributed by atoms with van der Waals surface area (Å²) < 4.78 is 6.03. The minimum absolute atomic E-state index is 0.0827. The van der Waals surface area contributed by atoms with Crippen LogP contribution in [0, 0.1) is 3.57 Å². The first-order chi connectivity index (χ1) is 10.1. The number of carbonyl (C=O) groups excluding carboxylic acids is 2. The average molecular weight is 396 g/mol. The summed E-state index contributed by atoms with van der Waals surface area (Å²) in [6.45, 7) is -0.373. The normalized spacial score (nSPS) is 10.2. The third kappa shape index (κ3) is 4.37. The molecule has 21 heavy (non-hydrogen) atoms. The zero-order chi connectivity index (χ0) is 15.2. The Morgan fingerprint density at radius 3 is 2.10 bits per heavy atom. The van der Waals surface area contributed by atoms with Gasteiger partial charge in [0.25, 0.3) is 0 Å². The van der Waals surface area contributed by atoms with E-state index in [1.54, 1.807) is 36.4 Å². The molecular weight excluding hydrogens is 383 g/mol. The van der Waals surface area contributed by atoms with Crippen molar-refractivity contribution in [2.75, 3.05) is 6.61 Å². The predicted octanol–water partition coefficient (Wildman–Crippen LogP) is 2.82. The molecule has 2 aromatic rings. The van der Waals surface area contributed by atoms with E-state index in [9.17, 15) is 9.59 Å². The van der Waals surface area contributed by atoms with E-state index >= 15 is 0 Å². The maximum absolute atomic E-state index is 11.9. The zero-order valence-corrected chi connectivity index (χ0v) is 13.2. The molecule has 0 unspecified atom stereocenters. The van der Waals surface area contributed by atoms with Gasteiger partial charge in [-0.25, -0.2) is 4.79 Å². The first-order valence-electron chi connectivity index (χ1n) is 6.26. The summed E-state index contributed by atoms with van der Waals surface area (Å²) in [5, 5.41) is 8.93. The van der Waals surface area contributed by atoms with Crippen molar-refractivity contribution in [1.82, 2.24) is 0 Å². The Kier molecular flexibility index (Phi) is 5.46. The smallest absolute Gasteiger partial charge is 0.338 e. The van der Waals surface area contributed by atoms with Crippen LogP contribution in [0.25, 0.3) is 0 Å². The van der Waals surface area contributed by atoms with Gasteiger partial charge in [-0.15, -0.1) is 0 Å². The molecule has 4 nitrogen and oxygen atoms in total. The van der Waals surface area contributed by atoms with Gasteiger partial charge in [0.05, 0.1) is 12.2 Å². The van der Waals surface area contributed by atoms with E-state index in [2.05, 4.69) is 22.6 Å². The van der Waals surface area contributed by atoms with Gasteiger partial charge in [-0.05, 0) is 52.4 Å². The summed E-state index contributed by atoms with van der Waals surface area (Å²) in [5.74, 6) is -0.801. The van der Waals surface area contributed by atoms with Crippen LogP contribution in [0.4, 0.5) is 0 Å². The molecule has 0 bridgehead atoms. The molecule has 108 valence electrons. The van der Waals surface area contributed by atoms with Crippen LogP contribution in [0.3, 0.4) is 0 Å². The fraction of sp³-hybridized carbons (Fsp3) is 0.125. The van der Waals surface area contributed by atoms with E-state index in [4.69, 9.17) is 9.84 Å². The second-order valence-electron chi connectivity index (χ2n) is 4.36. The number of esters is 1. The molecular formula is C16H13IO4. The number of halogens is 1. The monoisotopic (exact) mass is 396 g/mol. The lowest BCUT2D eigenvalue weighted by Gasteiger charge is -2.05. The van der Waals surface area contributed by atoms with Crippen LogP contribution in [-0.4, -0.2) is 23.5 Å². The lowest BCUT2D eigenvalue weighted by molar-refractivity contribution is 0.0474. The number of aliphatic hydroxyl groups is 1. The fourth-order valence-electron chi connectivity index (χ4n) is 1.68. The third-order valence-electron chi connectivity index (χ3n) is 2.87. The Hall–Kier alpha value is -1.73. The first kappa shape index (κ1) is 15.7. The summed E-state index contributed by atoms with van der Waals surface area (Å²) in [4.78, 5) is 23.7. The van der Waals surface area contributed by atoms with Gasteiger partial charge in [-0.2, -0.15) is 0 Å². The van der Waals surface area contributed by atoms with E-state index in [1.165, 1.54) is 0 Å². The molecule has 2 aromatic carbocycles. The van der Waals surface area contributed by atoms with Gasteiger partial charge in [-0.3, -0.25) is 4.79 Å². The van der Waals surface area contributed by atoms with Crippen LogP contribution < -0.4 is 0 Å². The summed E-state index contributed by atoms with van der Waals surface area (Å²) in [7, 11) is 0. The van der Waals surface area contributed by atoms with Gasteiger partial charge in [0, 0.05) is 9.13 Å². The second kappa shape index (κ2) is 7.33. The van der Waals surface area contributed by atoms with Gasteiger partial charge in [0.2, 0.25) is 0 Å². The Balaban J connectivity index is 1.93. The van der Waals surface area contributed by atoms with Crippen LogP contribution in [0.1, 0.15) is 26.3 Å². The molecule has 1 N–H and O–H groups in total. The molecule has 5 heteroatoms. The topological polar surface area (TPSA) is 63.6 Å². The predicted molar refractivity (Wildman–Crippen MR) is 86.1 cm³/mol. The highest BCUT2D eigenvalue weighted by Crippen LogP contribution is 2.09. The number of ether oxygens (including phenoxy) is 1.